The minimum Gasteiger partial charge on any atom is -0.756 e. The van der Waals surface area contributed by atoms with E-state index in [1.807, 2.05) is 45.4 Å². The van der Waals surface area contributed by atoms with Gasteiger partial charge in [-0.3, -0.25) is 18.9 Å². The molecule has 59 heavy (non-hydrogen) atoms. The van der Waals surface area contributed by atoms with Crippen molar-refractivity contribution in [3.8, 4) is 0 Å². The molecule has 15 heteroatoms. The van der Waals surface area contributed by atoms with Crippen LogP contribution in [0.2, 0.25) is 10.0 Å². The van der Waals surface area contributed by atoms with Crippen molar-refractivity contribution in [3.63, 3.8) is 0 Å². The molecule has 0 aliphatic carbocycles. The van der Waals surface area contributed by atoms with Crippen LogP contribution in [0.5, 0.6) is 0 Å². The highest BCUT2D eigenvalue weighted by Gasteiger charge is 2.22. The number of nitrogens with zero attached hydrogens (tertiary/aromatic N) is 1. The summed E-state index contributed by atoms with van der Waals surface area (Å²) in [6.45, 7) is 1.81. The van der Waals surface area contributed by atoms with Gasteiger partial charge < -0.3 is 38.5 Å². The van der Waals surface area contributed by atoms with Gasteiger partial charge in [-0.25, -0.2) is 0 Å². The number of benzene rings is 2. The van der Waals surface area contributed by atoms with Crippen LogP contribution in [0.3, 0.4) is 0 Å². The number of halogens is 2. The lowest BCUT2D eigenvalue weighted by Gasteiger charge is -2.28. The molecule has 2 aromatic rings. The van der Waals surface area contributed by atoms with Crippen molar-refractivity contribution in [2.75, 3.05) is 59.4 Å². The number of amides is 1. The lowest BCUT2D eigenvalue weighted by atomic mass is 10.0. The van der Waals surface area contributed by atoms with E-state index < -0.39 is 32.5 Å². The first-order valence-electron chi connectivity index (χ1n) is 21.5. The van der Waals surface area contributed by atoms with Crippen LogP contribution < -0.4 is 15.5 Å². The van der Waals surface area contributed by atoms with E-state index in [0.29, 0.717) is 38.9 Å². The van der Waals surface area contributed by atoms with Crippen LogP contribution in [0.1, 0.15) is 128 Å². The highest BCUT2D eigenvalue weighted by atomic mass is 35.5. The van der Waals surface area contributed by atoms with E-state index in [9.17, 15) is 23.8 Å². The van der Waals surface area contributed by atoms with Crippen molar-refractivity contribution in [1.29, 1.82) is 0 Å². The van der Waals surface area contributed by atoms with E-state index in [1.165, 1.54) is 70.6 Å². The van der Waals surface area contributed by atoms with E-state index in [0.717, 1.165) is 24.8 Å². The Balaban J connectivity index is 1.75. The number of para-hydroxylation sites is 2. The number of nitrogens with one attached hydrogen (secondary N) is 2. The minimum atomic E-state index is -4.72. The number of likely N-dealkylation sites (N-methyl/N-ethyl adjacent to an activating group) is 1. The summed E-state index contributed by atoms with van der Waals surface area (Å²) < 4.78 is 33.8. The molecule has 0 saturated carbocycles. The largest absolute Gasteiger partial charge is 0.756 e. The molecule has 0 radical (unpaired) electrons. The molecule has 2 rings (SSSR count). The van der Waals surface area contributed by atoms with Crippen LogP contribution in [0.25, 0.3) is 0 Å². The quantitative estimate of drug-likeness (QED) is 0.0301. The van der Waals surface area contributed by atoms with Crippen LogP contribution in [-0.4, -0.2) is 82.5 Å². The number of anilines is 2. The van der Waals surface area contributed by atoms with E-state index >= 15 is 0 Å². The van der Waals surface area contributed by atoms with Crippen LogP contribution in [0.4, 0.5) is 11.4 Å². The van der Waals surface area contributed by atoms with Gasteiger partial charge in [-0.2, -0.15) is 0 Å². The third kappa shape index (κ3) is 26.3. The summed E-state index contributed by atoms with van der Waals surface area (Å²) >= 11 is 12.6. The van der Waals surface area contributed by atoms with Gasteiger partial charge >= 0.3 is 11.9 Å². The zero-order valence-electron chi connectivity index (χ0n) is 35.9. The highest BCUT2D eigenvalue weighted by molar-refractivity contribution is 7.45. The smallest absolute Gasteiger partial charge is 0.306 e. The predicted molar refractivity (Wildman–Crippen MR) is 235 cm³/mol. The zero-order chi connectivity index (χ0) is 43.4. The van der Waals surface area contributed by atoms with Crippen LogP contribution in [-0.2, 0) is 43.9 Å². The zero-order valence-corrected chi connectivity index (χ0v) is 38.3. The van der Waals surface area contributed by atoms with E-state index in [2.05, 4.69) is 17.6 Å². The maximum atomic E-state index is 12.8. The molecule has 2 atom stereocenters. The minimum absolute atomic E-state index is 0.0615. The van der Waals surface area contributed by atoms with Gasteiger partial charge in [-0.1, -0.05) is 144 Å². The van der Waals surface area contributed by atoms with Gasteiger partial charge in [0.05, 0.1) is 49.9 Å². The Morgan fingerprint density at radius 1 is 0.729 bits per heavy atom. The monoisotopic (exact) mass is 885 g/mol. The lowest BCUT2D eigenvalue weighted by molar-refractivity contribution is -0.870. The van der Waals surface area contributed by atoms with Gasteiger partial charge in [0.25, 0.3) is 7.82 Å². The van der Waals surface area contributed by atoms with Gasteiger partial charge in [0.15, 0.2) is 6.10 Å². The maximum Gasteiger partial charge on any atom is 0.306 e. The van der Waals surface area contributed by atoms with Crippen molar-refractivity contribution >= 4 is 60.2 Å². The van der Waals surface area contributed by atoms with Crippen LogP contribution in [0, 0.1) is 0 Å². The molecule has 2 aromatic carbocycles. The molecule has 1 amide bonds. The first kappa shape index (κ1) is 52.4. The Bertz CT molecular complexity index is 1540. The molecule has 2 unspecified atom stereocenters. The summed E-state index contributed by atoms with van der Waals surface area (Å²) in [5.74, 6) is -1.38. The fourth-order valence-corrected chi connectivity index (χ4v) is 7.36. The highest BCUT2D eigenvalue weighted by Crippen LogP contribution is 2.38. The third-order valence-corrected chi connectivity index (χ3v) is 11.2. The predicted octanol–water partition coefficient (Wildman–Crippen LogP) is 10.1. The Hall–Kier alpha value is -2.70. The first-order valence-corrected chi connectivity index (χ1v) is 23.7. The molecular weight excluding hydrogens is 816 g/mol. The van der Waals surface area contributed by atoms with E-state index in [-0.39, 0.29) is 51.3 Å². The molecule has 12 nitrogen and oxygen atoms in total. The molecule has 334 valence electrons. The molecule has 0 aromatic heterocycles. The van der Waals surface area contributed by atoms with Gasteiger partial charge in [-0.05, 0) is 36.6 Å². The Labute approximate surface area is 363 Å². The summed E-state index contributed by atoms with van der Waals surface area (Å²) in [5, 5.41) is 6.90. The molecule has 2 N–H and O–H groups in total. The van der Waals surface area contributed by atoms with Crippen molar-refractivity contribution in [1.82, 2.24) is 5.32 Å². The second kappa shape index (κ2) is 30.3. The molecular formula is C44H70Cl2N3O9P. The third-order valence-electron chi connectivity index (χ3n) is 9.61. The molecule has 0 spiro atoms. The van der Waals surface area contributed by atoms with Crippen LogP contribution >= 0.6 is 31.0 Å². The van der Waals surface area contributed by atoms with E-state index in [1.54, 1.807) is 18.2 Å². The van der Waals surface area contributed by atoms with Crippen LogP contribution in [0.15, 0.2) is 42.5 Å². The van der Waals surface area contributed by atoms with Crippen molar-refractivity contribution < 1.29 is 46.8 Å². The first-order chi connectivity index (χ1) is 28.2. The number of rotatable bonds is 34. The SMILES string of the molecule is CCCCCCCCCCCCCCCCCC(=O)OCC(COP(=O)([O-])OCC[N+](C)(C)C)OC(=O)CCCNC(=O)Cc1ccccc1Nc1c(Cl)cccc1Cl. The van der Waals surface area contributed by atoms with Gasteiger partial charge in [0.2, 0.25) is 5.91 Å². The molecule has 0 fully saturated rings. The number of carbonyl (C=O) groups excluding carboxylic acids is 3. The topological polar surface area (TPSA) is 152 Å². The molecule has 0 aliphatic rings. The normalized spacial score (nSPS) is 13.1. The molecule has 0 saturated heterocycles. The van der Waals surface area contributed by atoms with Gasteiger partial charge in [-0.15, -0.1) is 0 Å². The fourth-order valence-electron chi connectivity index (χ4n) is 6.14. The maximum absolute atomic E-state index is 12.8. The Morgan fingerprint density at radius 2 is 1.29 bits per heavy atom. The summed E-state index contributed by atoms with van der Waals surface area (Å²) in [6, 6.07) is 12.5. The number of carbonyl (C=O) groups is 3. The molecule has 0 heterocycles. The summed E-state index contributed by atoms with van der Waals surface area (Å²) in [4.78, 5) is 50.6. The number of unbranched alkanes of at least 4 members (excludes halogenated alkanes) is 14. The standard InChI is InChI=1S/C44H70Cl2N3O9P/c1-5-6-7-8-9-10-11-12-13-14-15-16-17-18-19-28-42(51)55-34-37(35-57-59(53,54)56-32-31-49(2,3)4)58-43(52)29-23-30-47-41(50)33-36-24-20-21-27-40(36)48-44-38(45)25-22-26-39(44)46/h20-22,24-27,37,48H,5-19,23,28-35H2,1-4H3,(H-,47,50,53,54). The van der Waals surface area contributed by atoms with Crippen molar-refractivity contribution in [2.24, 2.45) is 0 Å². The number of phosphoric acid groups is 1. The van der Waals surface area contributed by atoms with Crippen molar-refractivity contribution in [3.05, 3.63) is 58.1 Å². The number of hydrogen-bond donors (Lipinski definition) is 2. The number of hydrogen-bond acceptors (Lipinski definition) is 10. The van der Waals surface area contributed by atoms with Gasteiger partial charge in [0.1, 0.15) is 19.8 Å². The fraction of sp³-hybridized carbons (Fsp3) is 0.659. The van der Waals surface area contributed by atoms with E-state index in [4.69, 9.17) is 41.7 Å². The van der Waals surface area contributed by atoms with Crippen molar-refractivity contribution in [2.45, 2.75) is 135 Å². The number of phosphoric ester groups is 1. The molecule has 0 bridgehead atoms. The second-order valence-corrected chi connectivity index (χ2v) is 18.3. The number of esters is 2. The number of ether oxygens (including phenoxy) is 2. The Morgan fingerprint density at radius 3 is 1.88 bits per heavy atom. The molecule has 0 aliphatic heterocycles. The summed E-state index contributed by atoms with van der Waals surface area (Å²) in [7, 11) is 0.962. The average Bonchev–Trinajstić information content (AvgIpc) is 3.17. The van der Waals surface area contributed by atoms with Gasteiger partial charge in [0, 0.05) is 25.1 Å². The summed E-state index contributed by atoms with van der Waals surface area (Å²) in [5.41, 5.74) is 1.92. The average molecular weight is 887 g/mol. The second-order valence-electron chi connectivity index (χ2n) is 16.1. The lowest BCUT2D eigenvalue weighted by Crippen LogP contribution is -2.37. The summed E-state index contributed by atoms with van der Waals surface area (Å²) in [6.07, 6.45) is 17.5. The number of quaternary nitrogens is 1. The Kier molecular flexibility index (Phi) is 27.0.